The van der Waals surface area contributed by atoms with Gasteiger partial charge in [-0.25, -0.2) is 0 Å². The number of rotatable bonds is 4. The molecule has 0 aromatic heterocycles. The van der Waals surface area contributed by atoms with E-state index in [1.165, 1.54) is 0 Å². The van der Waals surface area contributed by atoms with E-state index in [0.29, 0.717) is 11.3 Å². The molecule has 3 rings (SSSR count). The molecule has 0 radical (unpaired) electrons. The molecule has 132 valence electrons. The van der Waals surface area contributed by atoms with Crippen molar-refractivity contribution in [2.75, 3.05) is 13.1 Å². The minimum atomic E-state index is -4.49. The third kappa shape index (κ3) is 2.99. The fraction of sp³-hybridized carbons (Fsp3) is 0.667. The van der Waals surface area contributed by atoms with Gasteiger partial charge in [-0.2, -0.15) is 13.2 Å². The first-order chi connectivity index (χ1) is 11.2. The fourth-order valence-electron chi connectivity index (χ4n) is 4.03. The highest BCUT2D eigenvalue weighted by Crippen LogP contribution is 2.48. The second kappa shape index (κ2) is 5.78. The summed E-state index contributed by atoms with van der Waals surface area (Å²) in [6.45, 7) is -1.42. The Hall–Kier alpha value is -2.06. The molecule has 2 bridgehead atoms. The summed E-state index contributed by atoms with van der Waals surface area (Å²) >= 11 is 0. The van der Waals surface area contributed by atoms with Crippen LogP contribution in [0, 0.1) is 23.7 Å². The number of fused-ring (bicyclic) bond motifs is 2. The Kier molecular flexibility index (Phi) is 4.05. The minimum absolute atomic E-state index is 0.0811. The summed E-state index contributed by atoms with van der Waals surface area (Å²) in [4.78, 5) is 36.5. The number of hydrogen-bond donors (Lipinski definition) is 2. The van der Waals surface area contributed by atoms with Gasteiger partial charge in [-0.05, 0) is 24.7 Å². The lowest BCUT2D eigenvalue weighted by Crippen LogP contribution is -2.48. The van der Waals surface area contributed by atoms with Crippen molar-refractivity contribution >= 4 is 17.8 Å². The lowest BCUT2D eigenvalue weighted by atomic mass is 9.82. The summed E-state index contributed by atoms with van der Waals surface area (Å²) < 4.78 is 37.2. The van der Waals surface area contributed by atoms with Crippen LogP contribution in [0.25, 0.3) is 0 Å². The number of carbonyl (C=O) groups is 3. The summed E-state index contributed by atoms with van der Waals surface area (Å²) in [5.41, 5.74) is 0. The molecule has 0 spiro atoms. The molecule has 5 atom stereocenters. The quantitative estimate of drug-likeness (QED) is 0.737. The Balaban J connectivity index is 1.64. The van der Waals surface area contributed by atoms with Gasteiger partial charge in [0.15, 0.2) is 0 Å². The van der Waals surface area contributed by atoms with Crippen LogP contribution < -0.4 is 5.32 Å². The number of alkyl halides is 3. The molecular weight excluding hydrogens is 329 g/mol. The lowest BCUT2D eigenvalue weighted by molar-refractivity contribution is -0.158. The first-order valence-electron chi connectivity index (χ1n) is 7.74. The normalized spacial score (nSPS) is 34.9. The number of carboxylic acid groups (broad SMARTS) is 1. The van der Waals surface area contributed by atoms with E-state index in [-0.39, 0.29) is 24.8 Å². The number of amides is 2. The van der Waals surface area contributed by atoms with Gasteiger partial charge in [0.1, 0.15) is 12.6 Å². The van der Waals surface area contributed by atoms with Crippen LogP contribution in [0.3, 0.4) is 0 Å². The van der Waals surface area contributed by atoms with Crippen LogP contribution in [0.5, 0.6) is 0 Å². The van der Waals surface area contributed by atoms with Gasteiger partial charge in [0.05, 0.1) is 11.8 Å². The second-order valence-electron chi connectivity index (χ2n) is 6.56. The van der Waals surface area contributed by atoms with Gasteiger partial charge in [-0.1, -0.05) is 12.2 Å². The van der Waals surface area contributed by atoms with Gasteiger partial charge in [0.2, 0.25) is 11.8 Å². The smallest absolute Gasteiger partial charge is 0.406 e. The predicted molar refractivity (Wildman–Crippen MR) is 74.5 cm³/mol. The van der Waals surface area contributed by atoms with E-state index in [1.807, 2.05) is 0 Å². The Bertz CT molecular complexity index is 604. The molecule has 3 aliphatic rings. The van der Waals surface area contributed by atoms with Gasteiger partial charge < -0.3 is 15.3 Å². The first-order valence-corrected chi connectivity index (χ1v) is 7.74. The molecule has 2 N–H and O–H groups in total. The summed E-state index contributed by atoms with van der Waals surface area (Å²) in [5, 5.41) is 11.8. The highest BCUT2D eigenvalue weighted by Gasteiger charge is 2.52. The number of hydrogen-bond acceptors (Lipinski definition) is 3. The number of nitrogens with one attached hydrogen (secondary N) is 1. The Labute approximate surface area is 135 Å². The van der Waals surface area contributed by atoms with Crippen LogP contribution in [0.4, 0.5) is 13.2 Å². The monoisotopic (exact) mass is 346 g/mol. The molecule has 1 saturated carbocycles. The second-order valence-corrected chi connectivity index (χ2v) is 6.56. The third-order valence-electron chi connectivity index (χ3n) is 5.03. The molecule has 5 unspecified atom stereocenters. The molecule has 1 heterocycles. The number of aliphatic carboxylic acids is 1. The lowest BCUT2D eigenvalue weighted by Gasteiger charge is -2.25. The summed E-state index contributed by atoms with van der Waals surface area (Å²) in [7, 11) is 0. The maximum absolute atomic E-state index is 12.4. The molecule has 1 saturated heterocycles. The summed E-state index contributed by atoms with van der Waals surface area (Å²) in [6.07, 6.45) is -0.221. The summed E-state index contributed by atoms with van der Waals surface area (Å²) in [5.74, 6) is -4.42. The number of carboxylic acids is 1. The average molecular weight is 346 g/mol. The number of allylic oxidation sites excluding steroid dienone is 2. The first kappa shape index (κ1) is 16.8. The Morgan fingerprint density at radius 2 is 1.88 bits per heavy atom. The molecule has 6 nitrogen and oxygen atoms in total. The number of halogens is 3. The van der Waals surface area contributed by atoms with Crippen LogP contribution in [0.2, 0.25) is 0 Å². The molecule has 0 aromatic carbocycles. The van der Waals surface area contributed by atoms with Gasteiger partial charge in [0, 0.05) is 6.54 Å². The van der Waals surface area contributed by atoms with E-state index in [9.17, 15) is 32.7 Å². The van der Waals surface area contributed by atoms with Gasteiger partial charge in [-0.3, -0.25) is 14.4 Å². The zero-order chi connectivity index (χ0) is 17.6. The summed E-state index contributed by atoms with van der Waals surface area (Å²) in [6, 6.07) is -1.02. The maximum Gasteiger partial charge on any atom is 0.406 e. The molecule has 2 amide bonds. The number of likely N-dealkylation sites (tertiary alicyclic amines) is 1. The Morgan fingerprint density at radius 1 is 1.25 bits per heavy atom. The van der Waals surface area contributed by atoms with E-state index >= 15 is 0 Å². The van der Waals surface area contributed by atoms with Crippen LogP contribution in [-0.4, -0.2) is 53.1 Å². The number of nitrogens with zero attached hydrogens (tertiary/aromatic N) is 1. The third-order valence-corrected chi connectivity index (χ3v) is 5.03. The van der Waals surface area contributed by atoms with Crippen molar-refractivity contribution in [3.63, 3.8) is 0 Å². The standard InChI is InChI=1S/C15H17F3N2O4/c16-15(17,18)6-20-4-3-9(13(20)22)19-12(21)10-7-1-2-8(5-7)11(10)14(23)24/h1-2,7-11H,3-6H2,(H,19,21)(H,23,24). The van der Waals surface area contributed by atoms with Crippen LogP contribution >= 0.6 is 0 Å². The van der Waals surface area contributed by atoms with Crippen LogP contribution in [0.1, 0.15) is 12.8 Å². The van der Waals surface area contributed by atoms with Crippen molar-refractivity contribution in [3.8, 4) is 0 Å². The van der Waals surface area contributed by atoms with Gasteiger partial charge in [-0.15, -0.1) is 0 Å². The van der Waals surface area contributed by atoms with Crippen molar-refractivity contribution in [2.24, 2.45) is 23.7 Å². The van der Waals surface area contributed by atoms with Crippen molar-refractivity contribution in [1.29, 1.82) is 0 Å². The Morgan fingerprint density at radius 3 is 2.46 bits per heavy atom. The SMILES string of the molecule is O=C(O)C1C2C=CC(C2)C1C(=O)NC1CCN(CC(F)(F)F)C1=O. The van der Waals surface area contributed by atoms with Crippen LogP contribution in [-0.2, 0) is 14.4 Å². The van der Waals surface area contributed by atoms with Crippen LogP contribution in [0.15, 0.2) is 12.2 Å². The minimum Gasteiger partial charge on any atom is -0.481 e. The average Bonchev–Trinajstić information content (AvgIpc) is 3.15. The van der Waals surface area contributed by atoms with E-state index in [0.717, 1.165) is 0 Å². The topological polar surface area (TPSA) is 86.7 Å². The van der Waals surface area contributed by atoms with Crippen molar-refractivity contribution in [3.05, 3.63) is 12.2 Å². The molecule has 2 fully saturated rings. The highest BCUT2D eigenvalue weighted by atomic mass is 19.4. The van der Waals surface area contributed by atoms with E-state index in [4.69, 9.17) is 0 Å². The molecule has 2 aliphatic carbocycles. The molecular formula is C15H17F3N2O4. The molecule has 0 aromatic rings. The van der Waals surface area contributed by atoms with E-state index in [1.54, 1.807) is 12.2 Å². The maximum atomic E-state index is 12.4. The zero-order valence-corrected chi connectivity index (χ0v) is 12.6. The van der Waals surface area contributed by atoms with Gasteiger partial charge >= 0.3 is 12.1 Å². The number of carbonyl (C=O) groups excluding carboxylic acids is 2. The van der Waals surface area contributed by atoms with Crippen molar-refractivity contribution < 1.29 is 32.7 Å². The predicted octanol–water partition coefficient (Wildman–Crippen LogP) is 0.789. The zero-order valence-electron chi connectivity index (χ0n) is 12.6. The van der Waals surface area contributed by atoms with Crippen molar-refractivity contribution in [1.82, 2.24) is 10.2 Å². The molecule has 1 aliphatic heterocycles. The molecule has 9 heteroatoms. The van der Waals surface area contributed by atoms with E-state index < -0.39 is 48.4 Å². The molecule has 24 heavy (non-hydrogen) atoms. The fourth-order valence-corrected chi connectivity index (χ4v) is 4.03. The van der Waals surface area contributed by atoms with Crippen molar-refractivity contribution in [2.45, 2.75) is 25.1 Å². The highest BCUT2D eigenvalue weighted by molar-refractivity contribution is 5.92. The largest absolute Gasteiger partial charge is 0.481 e. The van der Waals surface area contributed by atoms with E-state index in [2.05, 4.69) is 5.32 Å². The van der Waals surface area contributed by atoms with Gasteiger partial charge in [0.25, 0.3) is 0 Å².